The number of thioether (sulfide) groups is 1. The summed E-state index contributed by atoms with van der Waals surface area (Å²) in [5.74, 6) is 0.960. The summed E-state index contributed by atoms with van der Waals surface area (Å²) >= 11 is 3.32. The SMILES string of the molecule is O=C(CCCC[C@@H]1SC[C@H]2NC(=O)N[C@H]12)Nc1nc(-c2ccccn2)cs1. The molecule has 27 heavy (non-hydrogen) atoms. The van der Waals surface area contributed by atoms with Crippen molar-refractivity contribution in [2.24, 2.45) is 0 Å². The predicted molar refractivity (Wildman–Crippen MR) is 108 cm³/mol. The van der Waals surface area contributed by atoms with Crippen molar-refractivity contribution in [2.75, 3.05) is 11.1 Å². The number of thiazole rings is 1. The highest BCUT2D eigenvalue weighted by molar-refractivity contribution is 8.00. The van der Waals surface area contributed by atoms with E-state index in [-0.39, 0.29) is 24.0 Å². The first-order chi connectivity index (χ1) is 13.2. The van der Waals surface area contributed by atoms with Gasteiger partial charge in [0.2, 0.25) is 5.91 Å². The normalized spacial score (nSPS) is 23.6. The third-order valence-corrected chi connectivity index (χ3v) is 7.02. The molecule has 0 spiro atoms. The van der Waals surface area contributed by atoms with Crippen LogP contribution in [0.3, 0.4) is 0 Å². The van der Waals surface area contributed by atoms with Crippen LogP contribution in [0.2, 0.25) is 0 Å². The molecule has 0 radical (unpaired) electrons. The van der Waals surface area contributed by atoms with Crippen molar-refractivity contribution < 1.29 is 9.59 Å². The molecule has 2 aromatic rings. The maximum Gasteiger partial charge on any atom is 0.315 e. The number of amides is 3. The van der Waals surface area contributed by atoms with Crippen LogP contribution in [-0.2, 0) is 4.79 Å². The summed E-state index contributed by atoms with van der Waals surface area (Å²) < 4.78 is 0. The number of pyridine rings is 1. The molecule has 9 heteroatoms. The lowest BCUT2D eigenvalue weighted by atomic mass is 10.0. The number of carbonyl (C=O) groups excluding carboxylic acids is 2. The molecule has 2 fully saturated rings. The molecule has 4 rings (SSSR count). The first-order valence-electron chi connectivity index (χ1n) is 9.04. The zero-order valence-corrected chi connectivity index (χ0v) is 16.3. The Morgan fingerprint density at radius 3 is 3.04 bits per heavy atom. The number of urea groups is 1. The largest absolute Gasteiger partial charge is 0.332 e. The minimum Gasteiger partial charge on any atom is -0.332 e. The molecule has 2 saturated heterocycles. The molecule has 2 aliphatic rings. The summed E-state index contributed by atoms with van der Waals surface area (Å²) in [6.45, 7) is 0. The highest BCUT2D eigenvalue weighted by atomic mass is 32.2. The summed E-state index contributed by atoms with van der Waals surface area (Å²) in [7, 11) is 0. The fourth-order valence-corrected chi connectivity index (χ4v) is 5.68. The third kappa shape index (κ3) is 4.41. The van der Waals surface area contributed by atoms with E-state index in [1.165, 1.54) is 11.3 Å². The highest BCUT2D eigenvalue weighted by Gasteiger charge is 2.42. The van der Waals surface area contributed by atoms with Gasteiger partial charge in [-0.1, -0.05) is 12.5 Å². The summed E-state index contributed by atoms with van der Waals surface area (Å²) in [6.07, 6.45) is 5.03. The summed E-state index contributed by atoms with van der Waals surface area (Å²) in [4.78, 5) is 32.2. The molecule has 7 nitrogen and oxygen atoms in total. The summed E-state index contributed by atoms with van der Waals surface area (Å²) in [5.41, 5.74) is 1.58. The van der Waals surface area contributed by atoms with Crippen LogP contribution in [0.25, 0.3) is 11.4 Å². The van der Waals surface area contributed by atoms with Gasteiger partial charge in [-0.3, -0.25) is 9.78 Å². The molecular weight excluding hydrogens is 382 g/mol. The van der Waals surface area contributed by atoms with E-state index in [2.05, 4.69) is 25.9 Å². The number of hydrogen-bond donors (Lipinski definition) is 3. The first kappa shape index (κ1) is 18.2. The molecule has 0 saturated carbocycles. The maximum atomic E-state index is 12.1. The number of unbranched alkanes of at least 4 members (excludes halogenated alkanes) is 1. The van der Waals surface area contributed by atoms with Gasteiger partial charge in [0.25, 0.3) is 0 Å². The molecular formula is C18H21N5O2S2. The van der Waals surface area contributed by atoms with Crippen molar-refractivity contribution in [3.63, 3.8) is 0 Å². The molecule has 4 heterocycles. The molecule has 2 aromatic heterocycles. The standard InChI is InChI=1S/C18H21N5O2S2/c24-15(22-18-21-12(9-27-18)11-5-3-4-8-19-11)7-2-1-6-14-16-13(10-26-14)20-17(25)23-16/h3-5,8-9,13-14,16H,1-2,6-7,10H2,(H2,20,23,25)(H,21,22,24)/t13-,14+,16+/m1/s1. The van der Waals surface area contributed by atoms with Crippen molar-refractivity contribution in [1.29, 1.82) is 0 Å². The van der Waals surface area contributed by atoms with Crippen molar-refractivity contribution >= 4 is 40.2 Å². The number of rotatable bonds is 7. The van der Waals surface area contributed by atoms with E-state index in [0.717, 1.165) is 36.4 Å². The number of hydrogen-bond acceptors (Lipinski definition) is 6. The predicted octanol–water partition coefficient (Wildman–Crippen LogP) is 2.87. The van der Waals surface area contributed by atoms with Crippen LogP contribution in [0.1, 0.15) is 25.7 Å². The molecule has 3 N–H and O–H groups in total. The van der Waals surface area contributed by atoms with Gasteiger partial charge in [-0.2, -0.15) is 11.8 Å². The molecule has 2 aliphatic heterocycles. The van der Waals surface area contributed by atoms with Crippen LogP contribution in [0, 0.1) is 0 Å². The highest BCUT2D eigenvalue weighted by Crippen LogP contribution is 2.33. The third-order valence-electron chi connectivity index (χ3n) is 4.76. The minimum absolute atomic E-state index is 0.00953. The lowest BCUT2D eigenvalue weighted by Crippen LogP contribution is -2.36. The topological polar surface area (TPSA) is 96.0 Å². The van der Waals surface area contributed by atoms with E-state index in [0.29, 0.717) is 16.8 Å². The second kappa shape index (κ2) is 8.26. The summed E-state index contributed by atoms with van der Waals surface area (Å²) in [6, 6.07) is 6.11. The number of nitrogens with one attached hydrogen (secondary N) is 3. The average molecular weight is 404 g/mol. The minimum atomic E-state index is -0.0526. The van der Waals surface area contributed by atoms with Crippen LogP contribution < -0.4 is 16.0 Å². The van der Waals surface area contributed by atoms with Crippen LogP contribution in [-0.4, -0.2) is 45.0 Å². The van der Waals surface area contributed by atoms with Gasteiger partial charge >= 0.3 is 6.03 Å². The van der Waals surface area contributed by atoms with Crippen LogP contribution in [0.15, 0.2) is 29.8 Å². The second-order valence-electron chi connectivity index (χ2n) is 6.67. The number of nitrogens with zero attached hydrogens (tertiary/aromatic N) is 2. The van der Waals surface area contributed by atoms with Gasteiger partial charge in [-0.05, 0) is 25.0 Å². The van der Waals surface area contributed by atoms with Gasteiger partial charge in [-0.25, -0.2) is 9.78 Å². The lowest BCUT2D eigenvalue weighted by Gasteiger charge is -2.16. The number of aromatic nitrogens is 2. The molecule has 0 aliphatic carbocycles. The zero-order chi connectivity index (χ0) is 18.6. The van der Waals surface area contributed by atoms with Gasteiger partial charge in [0.1, 0.15) is 5.69 Å². The Hall–Kier alpha value is -2.13. The van der Waals surface area contributed by atoms with Gasteiger partial charge in [0.15, 0.2) is 5.13 Å². The van der Waals surface area contributed by atoms with Crippen molar-refractivity contribution in [3.8, 4) is 11.4 Å². The Bertz CT molecular complexity index is 813. The Kier molecular flexibility index (Phi) is 5.58. The van der Waals surface area contributed by atoms with Gasteiger partial charge in [-0.15, -0.1) is 11.3 Å². The molecule has 0 unspecified atom stereocenters. The Morgan fingerprint density at radius 1 is 1.26 bits per heavy atom. The number of fused-ring (bicyclic) bond motifs is 1. The average Bonchev–Trinajstić information content (AvgIpc) is 3.36. The van der Waals surface area contributed by atoms with Crippen LogP contribution >= 0.6 is 23.1 Å². The van der Waals surface area contributed by atoms with Crippen LogP contribution in [0.4, 0.5) is 9.93 Å². The Labute approximate surface area is 165 Å². The zero-order valence-electron chi connectivity index (χ0n) is 14.7. The quantitative estimate of drug-likeness (QED) is 0.488. The maximum absolute atomic E-state index is 12.1. The van der Waals surface area contributed by atoms with Gasteiger partial charge in [0.05, 0.1) is 17.8 Å². The molecule has 3 amide bonds. The first-order valence-corrected chi connectivity index (χ1v) is 11.0. The number of carbonyl (C=O) groups is 2. The second-order valence-corrected chi connectivity index (χ2v) is 8.80. The number of anilines is 1. The van der Waals surface area contributed by atoms with Gasteiger partial charge in [0, 0.05) is 29.0 Å². The molecule has 0 bridgehead atoms. The monoisotopic (exact) mass is 403 g/mol. The van der Waals surface area contributed by atoms with E-state index < -0.39 is 0 Å². The Morgan fingerprint density at radius 2 is 2.19 bits per heavy atom. The molecule has 3 atom stereocenters. The molecule has 0 aromatic carbocycles. The van der Waals surface area contributed by atoms with E-state index in [1.807, 2.05) is 35.3 Å². The van der Waals surface area contributed by atoms with Crippen molar-refractivity contribution in [1.82, 2.24) is 20.6 Å². The fraction of sp³-hybridized carbons (Fsp3) is 0.444. The van der Waals surface area contributed by atoms with Crippen molar-refractivity contribution in [3.05, 3.63) is 29.8 Å². The smallest absolute Gasteiger partial charge is 0.315 e. The molecule has 142 valence electrons. The van der Waals surface area contributed by atoms with E-state index in [4.69, 9.17) is 0 Å². The van der Waals surface area contributed by atoms with Gasteiger partial charge < -0.3 is 16.0 Å². The van der Waals surface area contributed by atoms with E-state index in [1.54, 1.807) is 6.20 Å². The summed E-state index contributed by atoms with van der Waals surface area (Å²) in [5, 5.41) is 11.8. The van der Waals surface area contributed by atoms with Crippen LogP contribution in [0.5, 0.6) is 0 Å². The van der Waals surface area contributed by atoms with E-state index >= 15 is 0 Å². The van der Waals surface area contributed by atoms with E-state index in [9.17, 15) is 9.59 Å². The Balaban J connectivity index is 1.18. The van der Waals surface area contributed by atoms with Crippen molar-refractivity contribution in [2.45, 2.75) is 43.0 Å². The lowest BCUT2D eigenvalue weighted by molar-refractivity contribution is -0.116. The fourth-order valence-electron chi connectivity index (χ4n) is 3.42.